The molecule has 3 rings (SSSR count). The predicted molar refractivity (Wildman–Crippen MR) is 101 cm³/mol. The summed E-state index contributed by atoms with van der Waals surface area (Å²) in [6, 6.07) is 5.83. The molecule has 154 valence electrons. The maximum atomic E-state index is 12.7. The molecule has 2 aliphatic heterocycles. The Morgan fingerprint density at radius 2 is 1.71 bits per heavy atom. The monoisotopic (exact) mass is 411 g/mol. The molecule has 0 saturated carbocycles. The molecular weight excluding hydrogens is 386 g/mol. The fourth-order valence-electron chi connectivity index (χ4n) is 3.35. The zero-order valence-electron chi connectivity index (χ0n) is 16.0. The third-order valence-electron chi connectivity index (χ3n) is 4.93. The number of likely N-dealkylation sites (N-methyl/N-ethyl adjacent to an activating group) is 1. The number of hydrogen-bond donors (Lipinski definition) is 1. The van der Waals surface area contributed by atoms with Gasteiger partial charge in [-0.3, -0.25) is 9.59 Å². The van der Waals surface area contributed by atoms with E-state index in [0.717, 1.165) is 4.31 Å². The number of nitrogens with zero attached hydrogens (tertiary/aromatic N) is 2. The van der Waals surface area contributed by atoms with Crippen LogP contribution in [0.4, 0.5) is 5.69 Å². The summed E-state index contributed by atoms with van der Waals surface area (Å²) in [5.41, 5.74) is 0.503. The quantitative estimate of drug-likeness (QED) is 0.762. The van der Waals surface area contributed by atoms with Gasteiger partial charge >= 0.3 is 0 Å². The van der Waals surface area contributed by atoms with Gasteiger partial charge in [-0.25, -0.2) is 8.42 Å². The van der Waals surface area contributed by atoms with Crippen LogP contribution in [-0.2, 0) is 29.1 Å². The van der Waals surface area contributed by atoms with E-state index in [1.807, 2.05) is 0 Å². The van der Waals surface area contributed by atoms with Crippen molar-refractivity contribution in [3.63, 3.8) is 0 Å². The van der Waals surface area contributed by atoms with Gasteiger partial charge < -0.3 is 19.7 Å². The van der Waals surface area contributed by atoms with Crippen molar-refractivity contribution >= 4 is 27.5 Å². The van der Waals surface area contributed by atoms with Crippen molar-refractivity contribution in [2.24, 2.45) is 0 Å². The number of hydrogen-bond acceptors (Lipinski definition) is 6. The lowest BCUT2D eigenvalue weighted by atomic mass is 10.0. The highest BCUT2D eigenvalue weighted by Crippen LogP contribution is 2.31. The Balaban J connectivity index is 1.59. The van der Waals surface area contributed by atoms with Gasteiger partial charge in [0.15, 0.2) is 5.79 Å². The molecule has 2 heterocycles. The molecule has 0 unspecified atom stereocenters. The number of anilines is 1. The summed E-state index contributed by atoms with van der Waals surface area (Å²) in [5.74, 6) is -1.08. The van der Waals surface area contributed by atoms with Gasteiger partial charge in [-0.2, -0.15) is 4.31 Å². The van der Waals surface area contributed by atoms with E-state index >= 15 is 0 Å². The lowest BCUT2D eigenvalue weighted by molar-refractivity contribution is -0.187. The summed E-state index contributed by atoms with van der Waals surface area (Å²) >= 11 is 0. The number of benzene rings is 1. The zero-order chi connectivity index (χ0) is 20.4. The van der Waals surface area contributed by atoms with Crippen molar-refractivity contribution < 1.29 is 27.5 Å². The molecule has 2 aliphatic rings. The molecule has 0 aliphatic carbocycles. The van der Waals surface area contributed by atoms with Gasteiger partial charge in [0, 0.05) is 45.6 Å². The molecule has 1 N–H and O–H groups in total. The van der Waals surface area contributed by atoms with E-state index in [9.17, 15) is 18.0 Å². The van der Waals surface area contributed by atoms with E-state index in [2.05, 4.69) is 5.32 Å². The Morgan fingerprint density at radius 3 is 2.25 bits per heavy atom. The van der Waals surface area contributed by atoms with Crippen molar-refractivity contribution in [2.45, 2.75) is 30.4 Å². The fraction of sp³-hybridized carbons (Fsp3) is 0.556. The number of carbonyl (C=O) groups excluding carboxylic acids is 2. The summed E-state index contributed by atoms with van der Waals surface area (Å²) in [4.78, 5) is 25.3. The van der Waals surface area contributed by atoms with E-state index in [0.29, 0.717) is 44.8 Å². The van der Waals surface area contributed by atoms with Gasteiger partial charge in [-0.1, -0.05) is 0 Å². The number of rotatable bonds is 5. The van der Waals surface area contributed by atoms with Crippen molar-refractivity contribution in [1.82, 2.24) is 9.21 Å². The Labute approximate surface area is 164 Å². The van der Waals surface area contributed by atoms with E-state index in [1.165, 1.54) is 38.2 Å². The summed E-state index contributed by atoms with van der Waals surface area (Å²) in [6.07, 6.45) is 1.17. The summed E-state index contributed by atoms with van der Waals surface area (Å²) < 4.78 is 37.8. The Kier molecular flexibility index (Phi) is 6.04. The zero-order valence-corrected chi connectivity index (χ0v) is 16.8. The van der Waals surface area contributed by atoms with E-state index in [1.54, 1.807) is 4.90 Å². The molecule has 2 fully saturated rings. The highest BCUT2D eigenvalue weighted by Gasteiger charge is 2.41. The number of sulfonamides is 1. The number of likely N-dealkylation sites (tertiary alicyclic amines) is 1. The summed E-state index contributed by atoms with van der Waals surface area (Å²) in [5, 5.41) is 2.58. The molecule has 0 aromatic heterocycles. The van der Waals surface area contributed by atoms with E-state index in [4.69, 9.17) is 9.47 Å². The minimum Gasteiger partial charge on any atom is -0.347 e. The Morgan fingerprint density at radius 1 is 1.14 bits per heavy atom. The molecule has 0 bridgehead atoms. The minimum atomic E-state index is -3.82. The van der Waals surface area contributed by atoms with Crippen molar-refractivity contribution in [2.75, 3.05) is 45.2 Å². The molecule has 0 radical (unpaired) electrons. The highest BCUT2D eigenvalue weighted by atomic mass is 32.2. The Hall–Kier alpha value is -2.01. The normalized spacial score (nSPS) is 19.2. The van der Waals surface area contributed by atoms with Gasteiger partial charge in [0.25, 0.3) is 0 Å². The van der Waals surface area contributed by atoms with Gasteiger partial charge in [-0.05, 0) is 24.3 Å². The number of ether oxygens (including phenoxy) is 2. The SMILES string of the molecule is CC(=O)Nc1ccc(S(=O)(=O)N(C)CC(=O)N2CCC3(CC2)OCCO3)cc1. The number of amides is 2. The first kappa shape index (κ1) is 20.7. The topological polar surface area (TPSA) is 105 Å². The summed E-state index contributed by atoms with van der Waals surface area (Å²) in [7, 11) is -2.44. The van der Waals surface area contributed by atoms with Crippen LogP contribution in [0.2, 0.25) is 0 Å². The van der Waals surface area contributed by atoms with E-state index < -0.39 is 15.8 Å². The van der Waals surface area contributed by atoms with Gasteiger partial charge in [0.1, 0.15) is 0 Å². The largest absolute Gasteiger partial charge is 0.347 e. The molecule has 0 atom stereocenters. The third kappa shape index (κ3) is 4.52. The van der Waals surface area contributed by atoms with Crippen LogP contribution in [0.1, 0.15) is 19.8 Å². The second kappa shape index (κ2) is 8.16. The molecule has 1 spiro atoms. The molecule has 10 heteroatoms. The molecule has 1 aromatic rings. The van der Waals surface area contributed by atoms with Gasteiger partial charge in [-0.15, -0.1) is 0 Å². The molecule has 2 saturated heterocycles. The fourth-order valence-corrected chi connectivity index (χ4v) is 4.47. The molecule has 9 nitrogen and oxygen atoms in total. The average molecular weight is 411 g/mol. The number of piperidine rings is 1. The maximum absolute atomic E-state index is 12.7. The number of nitrogens with one attached hydrogen (secondary N) is 1. The standard InChI is InChI=1S/C18H25N3O6S/c1-14(22)19-15-3-5-16(6-4-15)28(24,25)20(2)13-17(23)21-9-7-18(8-10-21)26-11-12-27-18/h3-6H,7-13H2,1-2H3,(H,19,22). The van der Waals surface area contributed by atoms with Crippen LogP contribution >= 0.6 is 0 Å². The molecule has 28 heavy (non-hydrogen) atoms. The maximum Gasteiger partial charge on any atom is 0.243 e. The minimum absolute atomic E-state index is 0.0576. The molecule has 1 aromatic carbocycles. The third-order valence-corrected chi connectivity index (χ3v) is 6.75. The van der Waals surface area contributed by atoms with Crippen LogP contribution in [0.25, 0.3) is 0 Å². The first-order valence-electron chi connectivity index (χ1n) is 9.12. The van der Waals surface area contributed by atoms with Crippen molar-refractivity contribution in [3.8, 4) is 0 Å². The average Bonchev–Trinajstić information content (AvgIpc) is 3.10. The van der Waals surface area contributed by atoms with Crippen LogP contribution in [-0.4, -0.2) is 75.1 Å². The first-order chi connectivity index (χ1) is 13.2. The smallest absolute Gasteiger partial charge is 0.243 e. The predicted octanol–water partition coefficient (Wildman–Crippen LogP) is 0.631. The lowest BCUT2D eigenvalue weighted by Crippen LogP contribution is -2.50. The second-order valence-corrected chi connectivity index (χ2v) is 9.00. The van der Waals surface area contributed by atoms with Crippen LogP contribution in [0.5, 0.6) is 0 Å². The van der Waals surface area contributed by atoms with Crippen LogP contribution in [0, 0.1) is 0 Å². The van der Waals surface area contributed by atoms with E-state index in [-0.39, 0.29) is 23.3 Å². The van der Waals surface area contributed by atoms with Gasteiger partial charge in [0.05, 0.1) is 24.7 Å². The molecule has 2 amide bonds. The molecular formula is C18H25N3O6S. The van der Waals surface area contributed by atoms with Crippen LogP contribution in [0.15, 0.2) is 29.2 Å². The van der Waals surface area contributed by atoms with Crippen LogP contribution < -0.4 is 5.32 Å². The Bertz CT molecular complexity index is 823. The highest BCUT2D eigenvalue weighted by molar-refractivity contribution is 7.89. The van der Waals surface area contributed by atoms with Gasteiger partial charge in [0.2, 0.25) is 21.8 Å². The van der Waals surface area contributed by atoms with Crippen molar-refractivity contribution in [1.29, 1.82) is 0 Å². The second-order valence-electron chi connectivity index (χ2n) is 6.96. The number of carbonyl (C=O) groups is 2. The first-order valence-corrected chi connectivity index (χ1v) is 10.6. The summed E-state index contributed by atoms with van der Waals surface area (Å²) in [6.45, 7) is 3.20. The van der Waals surface area contributed by atoms with Crippen LogP contribution in [0.3, 0.4) is 0 Å². The lowest BCUT2D eigenvalue weighted by Gasteiger charge is -2.38. The van der Waals surface area contributed by atoms with Crippen molar-refractivity contribution in [3.05, 3.63) is 24.3 Å².